The second-order valence-electron chi connectivity index (χ2n) is 9.87. The van der Waals surface area contributed by atoms with Crippen LogP contribution >= 0.6 is 0 Å². The summed E-state index contributed by atoms with van der Waals surface area (Å²) in [6.07, 6.45) is 6.51. The molecule has 1 atom stereocenters. The van der Waals surface area contributed by atoms with Gasteiger partial charge in [0.25, 0.3) is 0 Å². The number of nitrogens with one attached hydrogen (secondary N) is 1. The second kappa shape index (κ2) is 8.71. The van der Waals surface area contributed by atoms with Gasteiger partial charge in [0, 0.05) is 47.8 Å². The highest BCUT2D eigenvalue weighted by atomic mass is 32.2. The third-order valence-corrected chi connectivity index (χ3v) is 9.24. The number of nitrogens with zero attached hydrogens (tertiary/aromatic N) is 3. The number of hydrogen-bond acceptors (Lipinski definition) is 7. The molecule has 184 valence electrons. The number of ether oxygens (including phenoxy) is 1. The molecule has 2 fully saturated rings. The normalized spacial score (nSPS) is 21.3. The third-order valence-electron chi connectivity index (χ3n) is 7.78. The fourth-order valence-electron chi connectivity index (χ4n) is 5.52. The van der Waals surface area contributed by atoms with Crippen molar-refractivity contribution >= 4 is 33.6 Å². The van der Waals surface area contributed by atoms with E-state index < -0.39 is 10.8 Å². The molecule has 35 heavy (non-hydrogen) atoms. The molecular weight excluding hydrogens is 464 g/mol. The molecule has 0 radical (unpaired) electrons. The van der Waals surface area contributed by atoms with E-state index in [0.717, 1.165) is 66.0 Å². The number of aryl methyl sites for hydroxylation is 1. The van der Waals surface area contributed by atoms with Crippen LogP contribution in [0, 0.1) is 0 Å². The number of esters is 1. The standard InChI is InChI=1S/C26H30N4O4S/c1-2-34-24(32)17-3-4-18-19(14-27-21(18)13-17)16-5-10-30(11-6-16)25-28-20-7-12-35(33)22(20)23(29-25)26(15-31)8-9-26/h3-4,13-14,16,27,31H,2,5-12,15H2,1H3. The van der Waals surface area contributed by atoms with Gasteiger partial charge in [0.15, 0.2) is 0 Å². The number of rotatable bonds is 6. The summed E-state index contributed by atoms with van der Waals surface area (Å²) in [6, 6.07) is 5.72. The Labute approximate surface area is 206 Å². The first kappa shape index (κ1) is 22.7. The lowest BCUT2D eigenvalue weighted by Gasteiger charge is -2.32. The number of aliphatic hydroxyl groups is 1. The molecule has 4 heterocycles. The Morgan fingerprint density at radius 3 is 2.80 bits per heavy atom. The number of hydrogen-bond donors (Lipinski definition) is 2. The second-order valence-corrected chi connectivity index (χ2v) is 11.4. The Morgan fingerprint density at radius 1 is 1.29 bits per heavy atom. The van der Waals surface area contributed by atoms with E-state index in [2.05, 4.69) is 16.1 Å². The maximum absolute atomic E-state index is 12.6. The van der Waals surface area contributed by atoms with Crippen LogP contribution < -0.4 is 4.90 Å². The molecule has 0 spiro atoms. The van der Waals surface area contributed by atoms with Crippen LogP contribution in [0.25, 0.3) is 10.9 Å². The van der Waals surface area contributed by atoms with Gasteiger partial charge in [-0.1, -0.05) is 6.07 Å². The van der Waals surface area contributed by atoms with Crippen molar-refractivity contribution in [1.82, 2.24) is 15.0 Å². The number of piperidine rings is 1. The molecule has 1 saturated carbocycles. The van der Waals surface area contributed by atoms with Gasteiger partial charge < -0.3 is 19.7 Å². The van der Waals surface area contributed by atoms with E-state index in [1.165, 1.54) is 5.56 Å². The van der Waals surface area contributed by atoms with Gasteiger partial charge in [-0.15, -0.1) is 0 Å². The average molecular weight is 495 g/mol. The fourth-order valence-corrected chi connectivity index (χ4v) is 7.00. The summed E-state index contributed by atoms with van der Waals surface area (Å²) in [6.45, 7) is 3.90. The number of H-pyrrole nitrogens is 1. The predicted octanol–water partition coefficient (Wildman–Crippen LogP) is 3.21. The highest BCUT2D eigenvalue weighted by Crippen LogP contribution is 2.50. The lowest BCUT2D eigenvalue weighted by Crippen LogP contribution is -2.35. The van der Waals surface area contributed by atoms with E-state index in [9.17, 15) is 14.1 Å². The van der Waals surface area contributed by atoms with Gasteiger partial charge in [-0.2, -0.15) is 0 Å². The van der Waals surface area contributed by atoms with E-state index in [1.54, 1.807) is 0 Å². The summed E-state index contributed by atoms with van der Waals surface area (Å²) in [5.41, 5.74) is 4.19. The first-order valence-corrected chi connectivity index (χ1v) is 13.8. The summed E-state index contributed by atoms with van der Waals surface area (Å²) in [4.78, 5) is 28.2. The SMILES string of the molecule is CCOC(=O)c1ccc2c(C3CCN(c4nc5c(c(C6(CO)CC6)n4)S(=O)CC5)CC3)c[nH]c2c1. The molecule has 9 heteroatoms. The van der Waals surface area contributed by atoms with Gasteiger partial charge in [0.1, 0.15) is 0 Å². The van der Waals surface area contributed by atoms with Crippen LogP contribution in [0.4, 0.5) is 5.95 Å². The Hall–Kier alpha value is -2.78. The van der Waals surface area contributed by atoms with Crippen LogP contribution in [0.15, 0.2) is 29.3 Å². The Bertz CT molecular complexity index is 1320. The minimum Gasteiger partial charge on any atom is -0.462 e. The van der Waals surface area contributed by atoms with Crippen molar-refractivity contribution < 1.29 is 18.8 Å². The van der Waals surface area contributed by atoms with Crippen LogP contribution in [0.1, 0.15) is 65.8 Å². The van der Waals surface area contributed by atoms with Crippen molar-refractivity contribution in [2.45, 2.75) is 55.3 Å². The number of benzene rings is 1. The molecule has 1 saturated heterocycles. The number of carbonyl (C=O) groups is 1. The van der Waals surface area contributed by atoms with Crippen molar-refractivity contribution in [3.63, 3.8) is 0 Å². The minimum atomic E-state index is -1.06. The third kappa shape index (κ3) is 3.85. The quantitative estimate of drug-likeness (QED) is 0.507. The maximum atomic E-state index is 12.6. The highest BCUT2D eigenvalue weighted by Gasteiger charge is 2.49. The van der Waals surface area contributed by atoms with E-state index in [-0.39, 0.29) is 18.0 Å². The summed E-state index contributed by atoms with van der Waals surface area (Å²) < 4.78 is 17.8. The molecule has 3 aromatic rings. The Morgan fingerprint density at radius 2 is 2.09 bits per heavy atom. The first-order chi connectivity index (χ1) is 17.0. The van der Waals surface area contributed by atoms with Crippen LogP contribution in [0.5, 0.6) is 0 Å². The van der Waals surface area contributed by atoms with Gasteiger partial charge in [-0.05, 0) is 56.2 Å². The zero-order valence-electron chi connectivity index (χ0n) is 19.9. The highest BCUT2D eigenvalue weighted by molar-refractivity contribution is 7.85. The van der Waals surface area contributed by atoms with Crippen LogP contribution in [-0.2, 0) is 27.4 Å². The maximum Gasteiger partial charge on any atom is 0.338 e. The zero-order chi connectivity index (χ0) is 24.2. The van der Waals surface area contributed by atoms with Crippen LogP contribution in [0.3, 0.4) is 0 Å². The molecule has 1 aromatic carbocycles. The van der Waals surface area contributed by atoms with Gasteiger partial charge in [-0.3, -0.25) is 4.21 Å². The van der Waals surface area contributed by atoms with E-state index in [4.69, 9.17) is 14.7 Å². The lowest BCUT2D eigenvalue weighted by molar-refractivity contribution is 0.0526. The molecule has 1 aliphatic carbocycles. The average Bonchev–Trinajstić information content (AvgIpc) is 3.44. The van der Waals surface area contributed by atoms with E-state index in [0.29, 0.717) is 36.2 Å². The fraction of sp³-hybridized carbons (Fsp3) is 0.500. The van der Waals surface area contributed by atoms with Gasteiger partial charge in [-0.25, -0.2) is 14.8 Å². The topological polar surface area (TPSA) is 108 Å². The van der Waals surface area contributed by atoms with Crippen LogP contribution in [-0.4, -0.2) is 62.3 Å². The minimum absolute atomic E-state index is 0.0492. The number of carbonyl (C=O) groups excluding carboxylic acids is 1. The number of aromatic amines is 1. The molecular formula is C26H30N4O4S. The van der Waals surface area contributed by atoms with Crippen molar-refractivity contribution in [3.05, 3.63) is 46.9 Å². The van der Waals surface area contributed by atoms with E-state index in [1.807, 2.05) is 25.1 Å². The smallest absolute Gasteiger partial charge is 0.338 e. The summed E-state index contributed by atoms with van der Waals surface area (Å²) >= 11 is 0. The van der Waals surface area contributed by atoms with Crippen LogP contribution in [0.2, 0.25) is 0 Å². The molecule has 6 rings (SSSR count). The summed E-state index contributed by atoms with van der Waals surface area (Å²) in [5.74, 6) is 1.42. The number of aliphatic hydroxyl groups excluding tert-OH is 1. The number of anilines is 1. The van der Waals surface area contributed by atoms with Crippen molar-refractivity contribution in [2.75, 3.05) is 37.0 Å². The monoisotopic (exact) mass is 494 g/mol. The Kier molecular flexibility index (Phi) is 5.64. The largest absolute Gasteiger partial charge is 0.462 e. The lowest BCUT2D eigenvalue weighted by atomic mass is 9.89. The molecule has 1 unspecified atom stereocenters. The molecule has 2 N–H and O–H groups in total. The molecule has 0 amide bonds. The summed E-state index contributed by atoms with van der Waals surface area (Å²) in [7, 11) is -1.06. The molecule has 8 nitrogen and oxygen atoms in total. The molecule has 0 bridgehead atoms. The van der Waals surface area contributed by atoms with Crippen molar-refractivity contribution in [3.8, 4) is 0 Å². The van der Waals surface area contributed by atoms with E-state index >= 15 is 0 Å². The zero-order valence-corrected chi connectivity index (χ0v) is 20.7. The molecule has 3 aliphatic rings. The van der Waals surface area contributed by atoms with Gasteiger partial charge in [0.2, 0.25) is 5.95 Å². The van der Waals surface area contributed by atoms with Gasteiger partial charge in [0.05, 0.1) is 45.9 Å². The Balaban J connectivity index is 1.22. The number of fused-ring (bicyclic) bond motifs is 2. The molecule has 2 aliphatic heterocycles. The molecule has 2 aromatic heterocycles. The predicted molar refractivity (Wildman–Crippen MR) is 133 cm³/mol. The number of aromatic nitrogens is 3. The van der Waals surface area contributed by atoms with Crippen molar-refractivity contribution in [1.29, 1.82) is 0 Å². The van der Waals surface area contributed by atoms with Gasteiger partial charge >= 0.3 is 5.97 Å². The van der Waals surface area contributed by atoms with Crippen molar-refractivity contribution in [2.24, 2.45) is 0 Å². The summed E-state index contributed by atoms with van der Waals surface area (Å²) in [5, 5.41) is 11.2. The first-order valence-electron chi connectivity index (χ1n) is 12.5.